The summed E-state index contributed by atoms with van der Waals surface area (Å²) in [5, 5.41) is 0. The monoisotopic (exact) mass is 246 g/mol. The molecule has 3 rings (SSSR count). The molecule has 0 unspecified atom stereocenters. The normalized spacial score (nSPS) is 14.0. The molecule has 0 bridgehead atoms. The van der Waals surface area contributed by atoms with E-state index in [-0.39, 0.29) is 0 Å². The molecular formula is C17H14N2. The van der Waals surface area contributed by atoms with E-state index in [1.54, 1.807) is 0 Å². The van der Waals surface area contributed by atoms with E-state index in [0.717, 1.165) is 29.1 Å². The van der Waals surface area contributed by atoms with Crippen LogP contribution in [-0.4, -0.2) is 10.7 Å². The van der Waals surface area contributed by atoms with Crippen molar-refractivity contribution in [3.05, 3.63) is 78.7 Å². The van der Waals surface area contributed by atoms with Gasteiger partial charge < -0.3 is 0 Å². The van der Waals surface area contributed by atoms with Crippen molar-refractivity contribution in [2.45, 2.75) is 6.42 Å². The van der Waals surface area contributed by atoms with Crippen molar-refractivity contribution >= 4 is 5.71 Å². The van der Waals surface area contributed by atoms with E-state index in [9.17, 15) is 0 Å². The van der Waals surface area contributed by atoms with Crippen LogP contribution in [-0.2, 0) is 0 Å². The van der Waals surface area contributed by atoms with Gasteiger partial charge in [-0.15, -0.1) is 0 Å². The van der Waals surface area contributed by atoms with Gasteiger partial charge in [-0.3, -0.25) is 4.99 Å². The zero-order valence-electron chi connectivity index (χ0n) is 10.5. The maximum absolute atomic E-state index is 4.69. The average Bonchev–Trinajstić information content (AvgIpc) is 2.77. The van der Waals surface area contributed by atoms with Crippen LogP contribution in [0.25, 0.3) is 11.3 Å². The smallest absolute Gasteiger partial charge is 0.0893 e. The standard InChI is InChI=1S/C17H14N2/c1-3-8-14(9-4-1)15-11-7-12-17(19-15)16-10-5-2-6-13-18-16/h1,3-13H,2H2. The Morgan fingerprint density at radius 3 is 2.53 bits per heavy atom. The van der Waals surface area contributed by atoms with Crippen molar-refractivity contribution in [3.8, 4) is 11.3 Å². The van der Waals surface area contributed by atoms with Crippen LogP contribution in [0.2, 0.25) is 0 Å². The van der Waals surface area contributed by atoms with Crippen LogP contribution < -0.4 is 0 Å². The second-order valence-electron chi connectivity index (χ2n) is 4.31. The van der Waals surface area contributed by atoms with E-state index in [1.807, 2.05) is 54.8 Å². The molecule has 0 saturated carbocycles. The van der Waals surface area contributed by atoms with Crippen molar-refractivity contribution in [3.63, 3.8) is 0 Å². The fourth-order valence-corrected chi connectivity index (χ4v) is 1.99. The first kappa shape index (κ1) is 11.6. The van der Waals surface area contributed by atoms with Crippen LogP contribution >= 0.6 is 0 Å². The summed E-state index contributed by atoms with van der Waals surface area (Å²) in [6.45, 7) is 0. The van der Waals surface area contributed by atoms with Crippen molar-refractivity contribution < 1.29 is 0 Å². The summed E-state index contributed by atoms with van der Waals surface area (Å²) in [7, 11) is 0. The lowest BCUT2D eigenvalue weighted by Crippen LogP contribution is -2.00. The van der Waals surface area contributed by atoms with Gasteiger partial charge in [0.05, 0.1) is 17.1 Å². The molecule has 1 aromatic heterocycles. The summed E-state index contributed by atoms with van der Waals surface area (Å²) < 4.78 is 0. The highest BCUT2D eigenvalue weighted by Gasteiger charge is 2.04. The number of aromatic nitrogens is 1. The number of aliphatic imine (C=N–C) groups is 1. The van der Waals surface area contributed by atoms with Gasteiger partial charge in [0.15, 0.2) is 0 Å². The molecule has 0 fully saturated rings. The first-order chi connectivity index (χ1) is 9.43. The molecule has 1 aliphatic rings. The fraction of sp³-hybridized carbons (Fsp3) is 0.0588. The fourth-order valence-electron chi connectivity index (χ4n) is 1.99. The quantitative estimate of drug-likeness (QED) is 0.786. The molecule has 0 radical (unpaired) electrons. The molecular weight excluding hydrogens is 232 g/mol. The van der Waals surface area contributed by atoms with E-state index < -0.39 is 0 Å². The van der Waals surface area contributed by atoms with Crippen LogP contribution in [0.15, 0.2) is 78.0 Å². The molecule has 1 aromatic carbocycles. The summed E-state index contributed by atoms with van der Waals surface area (Å²) in [6.07, 6.45) is 8.92. The van der Waals surface area contributed by atoms with Gasteiger partial charge in [0.25, 0.3) is 0 Å². The number of hydrogen-bond donors (Lipinski definition) is 0. The molecule has 1 aliphatic heterocycles. The Morgan fingerprint density at radius 1 is 0.789 bits per heavy atom. The van der Waals surface area contributed by atoms with E-state index in [0.29, 0.717) is 0 Å². The Bertz CT molecular complexity index is 652. The predicted octanol–water partition coefficient (Wildman–Crippen LogP) is 4.01. The zero-order valence-corrected chi connectivity index (χ0v) is 10.5. The number of benzene rings is 1. The second kappa shape index (κ2) is 5.44. The lowest BCUT2D eigenvalue weighted by Gasteiger charge is -2.04. The second-order valence-corrected chi connectivity index (χ2v) is 4.31. The number of rotatable bonds is 2. The first-order valence-electron chi connectivity index (χ1n) is 6.36. The van der Waals surface area contributed by atoms with Crippen molar-refractivity contribution in [2.75, 3.05) is 0 Å². The third-order valence-corrected chi connectivity index (χ3v) is 2.95. The van der Waals surface area contributed by atoms with Gasteiger partial charge in [0.2, 0.25) is 0 Å². The van der Waals surface area contributed by atoms with Gasteiger partial charge in [0, 0.05) is 11.8 Å². The van der Waals surface area contributed by atoms with Crippen molar-refractivity contribution in [1.29, 1.82) is 0 Å². The maximum atomic E-state index is 4.69. The Balaban J connectivity index is 2.01. The Kier molecular flexibility index (Phi) is 3.32. The highest BCUT2D eigenvalue weighted by atomic mass is 14.8. The average molecular weight is 246 g/mol. The van der Waals surface area contributed by atoms with Crippen molar-refractivity contribution in [2.24, 2.45) is 4.99 Å². The minimum Gasteiger partial charge on any atom is -0.255 e. The van der Waals surface area contributed by atoms with Crippen molar-refractivity contribution in [1.82, 2.24) is 4.98 Å². The molecule has 2 aromatic rings. The van der Waals surface area contributed by atoms with E-state index in [4.69, 9.17) is 4.98 Å². The molecule has 0 spiro atoms. The summed E-state index contributed by atoms with van der Waals surface area (Å²) in [4.78, 5) is 9.11. The topological polar surface area (TPSA) is 25.2 Å². The van der Waals surface area contributed by atoms with Gasteiger partial charge in [-0.1, -0.05) is 48.6 Å². The van der Waals surface area contributed by atoms with Crippen LogP contribution in [0.3, 0.4) is 0 Å². The SMILES string of the molecule is C1=CN=C(c2cccc(-c3ccccc3)n2)C=CC1. The first-order valence-corrected chi connectivity index (χ1v) is 6.36. The van der Waals surface area contributed by atoms with Gasteiger partial charge in [-0.2, -0.15) is 0 Å². The number of allylic oxidation sites excluding steroid dienone is 3. The molecule has 92 valence electrons. The molecule has 0 atom stereocenters. The maximum Gasteiger partial charge on any atom is 0.0893 e. The molecule has 19 heavy (non-hydrogen) atoms. The number of hydrogen-bond acceptors (Lipinski definition) is 2. The van der Waals surface area contributed by atoms with Crippen LogP contribution in [0, 0.1) is 0 Å². The molecule has 0 amide bonds. The largest absolute Gasteiger partial charge is 0.255 e. The highest BCUT2D eigenvalue weighted by molar-refractivity contribution is 6.08. The Labute approximate surface area is 112 Å². The third-order valence-electron chi connectivity index (χ3n) is 2.95. The van der Waals surface area contributed by atoms with E-state index in [2.05, 4.69) is 23.2 Å². The van der Waals surface area contributed by atoms with Gasteiger partial charge in [0.1, 0.15) is 0 Å². The number of nitrogens with zero attached hydrogens (tertiary/aromatic N) is 2. The summed E-state index contributed by atoms with van der Waals surface area (Å²) in [5.74, 6) is 0. The lowest BCUT2D eigenvalue weighted by molar-refractivity contribution is 1.29. The minimum absolute atomic E-state index is 0.907. The molecule has 2 heterocycles. The van der Waals surface area contributed by atoms with Crippen LogP contribution in [0.1, 0.15) is 12.1 Å². The van der Waals surface area contributed by atoms with Gasteiger partial charge >= 0.3 is 0 Å². The summed E-state index contributed by atoms with van der Waals surface area (Å²) in [6, 6.07) is 16.2. The molecule has 2 heteroatoms. The predicted molar refractivity (Wildman–Crippen MR) is 79.1 cm³/mol. The summed E-state index contributed by atoms with van der Waals surface area (Å²) in [5.41, 5.74) is 3.91. The van der Waals surface area contributed by atoms with E-state index >= 15 is 0 Å². The minimum atomic E-state index is 0.907. The van der Waals surface area contributed by atoms with Crippen LogP contribution in [0.4, 0.5) is 0 Å². The third kappa shape index (κ3) is 2.68. The lowest BCUT2D eigenvalue weighted by atomic mass is 10.1. The summed E-state index contributed by atoms with van der Waals surface area (Å²) >= 11 is 0. The van der Waals surface area contributed by atoms with Crippen LogP contribution in [0.5, 0.6) is 0 Å². The molecule has 0 aliphatic carbocycles. The number of pyridine rings is 1. The zero-order chi connectivity index (χ0) is 12.9. The molecule has 2 nitrogen and oxygen atoms in total. The highest BCUT2D eigenvalue weighted by Crippen LogP contribution is 2.17. The molecule has 0 saturated heterocycles. The molecule has 0 N–H and O–H groups in total. The Hall–Kier alpha value is -2.48. The van der Waals surface area contributed by atoms with E-state index in [1.165, 1.54) is 0 Å². The Morgan fingerprint density at radius 2 is 1.63 bits per heavy atom. The van der Waals surface area contributed by atoms with Gasteiger partial charge in [-0.25, -0.2) is 4.98 Å². The van der Waals surface area contributed by atoms with Gasteiger partial charge in [-0.05, 0) is 24.6 Å².